The summed E-state index contributed by atoms with van der Waals surface area (Å²) in [4.78, 5) is 27.5. The van der Waals surface area contributed by atoms with Gasteiger partial charge in [-0.1, -0.05) is 0 Å². The van der Waals surface area contributed by atoms with E-state index in [1.54, 1.807) is 16.7 Å². The normalized spacial score (nSPS) is 19.9. The lowest BCUT2D eigenvalue weighted by Gasteiger charge is -2.32. The van der Waals surface area contributed by atoms with Gasteiger partial charge in [0, 0.05) is 50.2 Å². The van der Waals surface area contributed by atoms with E-state index < -0.39 is 0 Å². The average molecular weight is 286 g/mol. The molecule has 4 nitrogen and oxygen atoms in total. The van der Waals surface area contributed by atoms with E-state index in [4.69, 9.17) is 0 Å². The molecule has 0 aromatic heterocycles. The fourth-order valence-corrected chi connectivity index (χ4v) is 2.80. The zero-order valence-electron chi connectivity index (χ0n) is 12.7. The van der Waals surface area contributed by atoms with E-state index in [-0.39, 0.29) is 23.3 Å². The Labute approximate surface area is 120 Å². The molecular formula is C14H26N2O2S. The van der Waals surface area contributed by atoms with Crippen LogP contribution in [0.2, 0.25) is 0 Å². The lowest BCUT2D eigenvalue weighted by molar-refractivity contribution is -0.132. The quantitative estimate of drug-likeness (QED) is 0.774. The van der Waals surface area contributed by atoms with Crippen LogP contribution in [0.1, 0.15) is 33.6 Å². The first-order valence-electron chi connectivity index (χ1n) is 6.79. The van der Waals surface area contributed by atoms with Crippen LogP contribution in [0.15, 0.2) is 0 Å². The smallest absolute Gasteiger partial charge is 0.223 e. The van der Waals surface area contributed by atoms with Gasteiger partial charge in [0.1, 0.15) is 0 Å². The molecule has 1 aliphatic heterocycles. The van der Waals surface area contributed by atoms with Crippen molar-refractivity contribution in [2.75, 3.05) is 32.1 Å². The maximum atomic E-state index is 12.0. The number of rotatable bonds is 5. The van der Waals surface area contributed by atoms with Gasteiger partial charge >= 0.3 is 0 Å². The van der Waals surface area contributed by atoms with Crippen LogP contribution >= 0.6 is 11.8 Å². The zero-order chi connectivity index (χ0) is 14.6. The van der Waals surface area contributed by atoms with Crippen molar-refractivity contribution < 1.29 is 9.59 Å². The molecular weight excluding hydrogens is 260 g/mol. The molecule has 0 aromatic rings. The Morgan fingerprint density at radius 3 is 2.58 bits per heavy atom. The van der Waals surface area contributed by atoms with Crippen molar-refractivity contribution >= 4 is 23.6 Å². The number of nitrogens with zero attached hydrogens (tertiary/aromatic N) is 2. The number of thioether (sulfide) groups is 1. The summed E-state index contributed by atoms with van der Waals surface area (Å²) in [7, 11) is 1.84. The second-order valence-electron chi connectivity index (χ2n) is 6.26. The van der Waals surface area contributed by atoms with E-state index in [2.05, 4.69) is 20.8 Å². The van der Waals surface area contributed by atoms with Gasteiger partial charge in [-0.2, -0.15) is 11.8 Å². The minimum atomic E-state index is -0.118. The maximum absolute atomic E-state index is 12.0. The van der Waals surface area contributed by atoms with E-state index in [1.165, 1.54) is 0 Å². The summed E-state index contributed by atoms with van der Waals surface area (Å²) in [6.07, 6.45) is 3.16. The third kappa shape index (κ3) is 4.71. The highest BCUT2D eigenvalue weighted by molar-refractivity contribution is 7.98. The predicted octanol–water partition coefficient (Wildman–Crippen LogP) is 1.84. The fraction of sp³-hybridized carbons (Fsp3) is 0.857. The molecule has 110 valence electrons. The average Bonchev–Trinajstić information content (AvgIpc) is 2.66. The van der Waals surface area contributed by atoms with Crippen molar-refractivity contribution in [1.82, 2.24) is 9.80 Å². The van der Waals surface area contributed by atoms with Crippen LogP contribution in [0.3, 0.4) is 0 Å². The topological polar surface area (TPSA) is 40.6 Å². The molecule has 0 aromatic carbocycles. The Morgan fingerprint density at radius 1 is 1.47 bits per heavy atom. The molecule has 1 heterocycles. The summed E-state index contributed by atoms with van der Waals surface area (Å²) in [6, 6.07) is 0. The Hall–Kier alpha value is -0.710. The second kappa shape index (κ2) is 6.64. The SMILES string of the molecule is CSCCC(=O)N(C)C[C@H]1CC(=O)N(C(C)(C)C)C1. The van der Waals surface area contributed by atoms with E-state index in [9.17, 15) is 9.59 Å². The molecule has 1 aliphatic rings. The molecule has 1 rings (SSSR count). The van der Waals surface area contributed by atoms with Gasteiger partial charge in [0.15, 0.2) is 0 Å². The number of carbonyl (C=O) groups excluding carboxylic acids is 2. The standard InChI is InChI=1S/C14H26N2O2S/c1-14(2,3)16-10-11(8-13(16)18)9-15(4)12(17)6-7-19-5/h11H,6-10H2,1-5H3/t11-/m1/s1. The maximum Gasteiger partial charge on any atom is 0.223 e. The molecule has 0 saturated carbocycles. The van der Waals surface area contributed by atoms with Crippen molar-refractivity contribution in [1.29, 1.82) is 0 Å². The second-order valence-corrected chi connectivity index (χ2v) is 7.25. The largest absolute Gasteiger partial charge is 0.345 e. The lowest BCUT2D eigenvalue weighted by Crippen LogP contribution is -2.43. The van der Waals surface area contributed by atoms with Crippen LogP contribution in [-0.4, -0.2) is 59.3 Å². The number of carbonyl (C=O) groups is 2. The summed E-state index contributed by atoms with van der Waals surface area (Å²) >= 11 is 1.68. The van der Waals surface area contributed by atoms with Crippen molar-refractivity contribution in [3.63, 3.8) is 0 Å². The monoisotopic (exact) mass is 286 g/mol. The summed E-state index contributed by atoms with van der Waals surface area (Å²) in [5.74, 6) is 1.52. The van der Waals surface area contributed by atoms with Gasteiger partial charge in [0.2, 0.25) is 11.8 Å². The molecule has 5 heteroatoms. The van der Waals surface area contributed by atoms with E-state index >= 15 is 0 Å². The summed E-state index contributed by atoms with van der Waals surface area (Å²) in [6.45, 7) is 7.62. The summed E-state index contributed by atoms with van der Waals surface area (Å²) in [5, 5.41) is 0. The third-order valence-corrected chi connectivity index (χ3v) is 4.11. The van der Waals surface area contributed by atoms with Crippen LogP contribution < -0.4 is 0 Å². The van der Waals surface area contributed by atoms with Crippen LogP contribution in [0.25, 0.3) is 0 Å². The molecule has 0 bridgehead atoms. The molecule has 0 unspecified atom stereocenters. The molecule has 0 spiro atoms. The van der Waals surface area contributed by atoms with Gasteiger partial charge < -0.3 is 9.80 Å². The molecule has 2 amide bonds. The molecule has 0 aliphatic carbocycles. The summed E-state index contributed by atoms with van der Waals surface area (Å²) < 4.78 is 0. The van der Waals surface area contributed by atoms with Crippen molar-refractivity contribution in [2.45, 2.75) is 39.2 Å². The highest BCUT2D eigenvalue weighted by atomic mass is 32.2. The third-order valence-electron chi connectivity index (χ3n) is 3.49. The van der Waals surface area contributed by atoms with Crippen molar-refractivity contribution in [3.05, 3.63) is 0 Å². The first-order chi connectivity index (χ1) is 8.75. The molecule has 19 heavy (non-hydrogen) atoms. The predicted molar refractivity (Wildman–Crippen MR) is 80.2 cm³/mol. The van der Waals surface area contributed by atoms with E-state index in [0.29, 0.717) is 19.4 Å². The van der Waals surface area contributed by atoms with Gasteiger partial charge in [-0.3, -0.25) is 9.59 Å². The first kappa shape index (κ1) is 16.3. The highest BCUT2D eigenvalue weighted by Gasteiger charge is 2.36. The van der Waals surface area contributed by atoms with E-state index in [1.807, 2.05) is 18.2 Å². The molecule has 1 saturated heterocycles. The van der Waals surface area contributed by atoms with Crippen molar-refractivity contribution in [3.8, 4) is 0 Å². The lowest BCUT2D eigenvalue weighted by atomic mass is 10.1. The highest BCUT2D eigenvalue weighted by Crippen LogP contribution is 2.26. The molecule has 0 N–H and O–H groups in total. The van der Waals surface area contributed by atoms with Crippen LogP contribution in [0.4, 0.5) is 0 Å². The van der Waals surface area contributed by atoms with E-state index in [0.717, 1.165) is 12.3 Å². The Balaban J connectivity index is 2.47. The van der Waals surface area contributed by atoms with Gasteiger partial charge in [-0.05, 0) is 27.0 Å². The minimum Gasteiger partial charge on any atom is -0.345 e. The van der Waals surface area contributed by atoms with Gasteiger partial charge in [0.25, 0.3) is 0 Å². The van der Waals surface area contributed by atoms with Crippen LogP contribution in [-0.2, 0) is 9.59 Å². The van der Waals surface area contributed by atoms with Gasteiger partial charge in [0.05, 0.1) is 0 Å². The van der Waals surface area contributed by atoms with Crippen molar-refractivity contribution in [2.24, 2.45) is 5.92 Å². The number of hydrogen-bond donors (Lipinski definition) is 0. The zero-order valence-corrected chi connectivity index (χ0v) is 13.5. The minimum absolute atomic E-state index is 0.118. The fourth-order valence-electron chi connectivity index (χ4n) is 2.42. The van der Waals surface area contributed by atoms with Gasteiger partial charge in [-0.15, -0.1) is 0 Å². The number of hydrogen-bond acceptors (Lipinski definition) is 3. The number of likely N-dealkylation sites (tertiary alicyclic amines) is 1. The number of amides is 2. The molecule has 1 atom stereocenters. The Morgan fingerprint density at radius 2 is 2.11 bits per heavy atom. The Bertz CT molecular complexity index is 339. The Kier molecular flexibility index (Phi) is 5.71. The van der Waals surface area contributed by atoms with Crippen LogP contribution in [0, 0.1) is 5.92 Å². The van der Waals surface area contributed by atoms with Crippen LogP contribution in [0.5, 0.6) is 0 Å². The summed E-state index contributed by atoms with van der Waals surface area (Å²) in [5.41, 5.74) is -0.118. The first-order valence-corrected chi connectivity index (χ1v) is 8.18. The van der Waals surface area contributed by atoms with Gasteiger partial charge in [-0.25, -0.2) is 0 Å². The molecule has 0 radical (unpaired) electrons. The molecule has 1 fully saturated rings.